The molecule has 0 heterocycles. The van der Waals surface area contributed by atoms with Crippen molar-refractivity contribution < 1.29 is 4.43 Å². The smallest absolute Gasteiger partial charge is 0.231 e. The van der Waals surface area contributed by atoms with E-state index in [1.54, 1.807) is 12.8 Å². The van der Waals surface area contributed by atoms with E-state index in [1.807, 2.05) is 0 Å². The van der Waals surface area contributed by atoms with E-state index in [0.717, 1.165) is 12.5 Å². The van der Waals surface area contributed by atoms with Crippen LogP contribution in [0.25, 0.3) is 0 Å². The van der Waals surface area contributed by atoms with Crippen LogP contribution in [0.4, 0.5) is 0 Å². The fourth-order valence-corrected chi connectivity index (χ4v) is 3.17. The first-order valence-corrected chi connectivity index (χ1v) is 6.35. The van der Waals surface area contributed by atoms with E-state index in [9.17, 15) is 0 Å². The van der Waals surface area contributed by atoms with E-state index >= 15 is 0 Å². The normalized spacial score (nSPS) is 13.2. The Morgan fingerprint density at radius 1 is 1.50 bits per heavy atom. The summed E-state index contributed by atoms with van der Waals surface area (Å²) in [6.07, 6.45) is 0.902. The van der Waals surface area contributed by atoms with Gasteiger partial charge < -0.3 is 10.2 Å². The average Bonchev–Trinajstić information content (AvgIpc) is 1.95. The molecule has 0 unspecified atom stereocenters. The van der Waals surface area contributed by atoms with Crippen LogP contribution < -0.4 is 5.73 Å². The quantitative estimate of drug-likeness (QED) is 0.607. The molecule has 0 fully saturated rings. The second kappa shape index (κ2) is 6.21. The van der Waals surface area contributed by atoms with Crippen molar-refractivity contribution in [2.24, 2.45) is 5.73 Å². The van der Waals surface area contributed by atoms with Gasteiger partial charge in [0.25, 0.3) is 0 Å². The number of hydrogen-bond donors (Lipinski definition) is 1. The highest BCUT2D eigenvalue weighted by Gasteiger charge is 2.17. The summed E-state index contributed by atoms with van der Waals surface area (Å²) in [5.41, 5.74) is 6.98. The second-order valence-corrected chi connectivity index (χ2v) is 6.75. The van der Waals surface area contributed by atoms with Crippen LogP contribution in [-0.2, 0) is 4.43 Å². The van der Waals surface area contributed by atoms with Gasteiger partial charge in [0, 0.05) is 0 Å². The maximum atomic E-state index is 5.58. The molecule has 0 aromatic carbocycles. The van der Waals surface area contributed by atoms with Crippen molar-refractivity contribution in [3.63, 3.8) is 0 Å². The Morgan fingerprint density at radius 3 is 2.42 bits per heavy atom. The molecule has 0 saturated heterocycles. The average molecular weight is 249 g/mol. The molecule has 0 atom stereocenters. The molecular formula is C6H12Cl3NOSi. The lowest BCUT2D eigenvalue weighted by molar-refractivity contribution is 0.435. The van der Waals surface area contributed by atoms with Gasteiger partial charge in [-0.2, -0.15) is 0 Å². The number of nitrogens with two attached hydrogens (primary N) is 1. The predicted molar refractivity (Wildman–Crippen MR) is 57.6 cm³/mol. The summed E-state index contributed by atoms with van der Waals surface area (Å²) in [5, 5.41) is 0. The first-order chi connectivity index (χ1) is 5.49. The zero-order chi connectivity index (χ0) is 9.61. The monoisotopic (exact) mass is 247 g/mol. The van der Waals surface area contributed by atoms with Crippen molar-refractivity contribution in [2.45, 2.75) is 16.3 Å². The molecule has 6 heteroatoms. The van der Waals surface area contributed by atoms with Gasteiger partial charge in [0.05, 0.1) is 7.11 Å². The van der Waals surface area contributed by atoms with Crippen molar-refractivity contribution in [1.82, 2.24) is 0 Å². The summed E-state index contributed by atoms with van der Waals surface area (Å²) < 4.78 is 3.86. The lowest BCUT2D eigenvalue weighted by Gasteiger charge is -2.08. The molecule has 0 bridgehead atoms. The number of hydrogen-bond acceptors (Lipinski definition) is 2. The molecule has 2 nitrogen and oxygen atoms in total. The Bertz CT molecular complexity index is 157. The van der Waals surface area contributed by atoms with Gasteiger partial charge in [-0.15, -0.1) is 0 Å². The maximum Gasteiger partial charge on any atom is 0.231 e. The molecule has 0 aliphatic heterocycles. The van der Waals surface area contributed by atoms with Crippen LogP contribution in [0.1, 0.15) is 6.42 Å². The first kappa shape index (κ1) is 12.7. The van der Waals surface area contributed by atoms with Gasteiger partial charge in [-0.3, -0.25) is 0 Å². The van der Waals surface area contributed by atoms with E-state index in [4.69, 9.17) is 45.0 Å². The molecular weight excluding hydrogens is 237 g/mol. The molecule has 72 valence electrons. The van der Waals surface area contributed by atoms with Gasteiger partial charge in [-0.05, 0) is 24.7 Å². The van der Waals surface area contributed by atoms with Crippen LogP contribution in [0.2, 0.25) is 6.04 Å². The van der Waals surface area contributed by atoms with Gasteiger partial charge in [0.15, 0.2) is 0 Å². The van der Waals surface area contributed by atoms with Crippen LogP contribution in [0.3, 0.4) is 0 Å². The Morgan fingerprint density at radius 2 is 2.08 bits per heavy atom. The summed E-state index contributed by atoms with van der Waals surface area (Å²) in [5.74, 6) is 0. The fraction of sp³-hybridized carbons (Fsp3) is 0.833. The summed E-state index contributed by atoms with van der Waals surface area (Å²) >= 11 is 16.7. The highest BCUT2D eigenvalue weighted by atomic mass is 35.6. The third-order valence-corrected chi connectivity index (χ3v) is 4.22. The summed E-state index contributed by atoms with van der Waals surface area (Å²) in [4.78, 5) is 0. The van der Waals surface area contributed by atoms with E-state index in [0.29, 0.717) is 6.54 Å². The van der Waals surface area contributed by atoms with Crippen LogP contribution >= 0.6 is 34.8 Å². The minimum atomic E-state index is -1.31. The Labute approximate surface area is 89.3 Å². The molecule has 0 spiro atoms. The van der Waals surface area contributed by atoms with Crippen molar-refractivity contribution in [3.8, 4) is 0 Å². The zero-order valence-electron chi connectivity index (χ0n) is 6.82. The van der Waals surface area contributed by atoms with Gasteiger partial charge in [0.1, 0.15) is 0 Å². The van der Waals surface area contributed by atoms with Crippen LogP contribution in [0, 0.1) is 0 Å². The van der Waals surface area contributed by atoms with E-state index in [2.05, 4.69) is 0 Å². The lowest BCUT2D eigenvalue weighted by atomic mass is 10.5. The van der Waals surface area contributed by atoms with Gasteiger partial charge >= 0.3 is 0 Å². The number of alkyl halides is 3. The predicted octanol–water partition coefficient (Wildman–Crippen LogP) is 1.73. The van der Waals surface area contributed by atoms with Gasteiger partial charge in [-0.1, -0.05) is 34.8 Å². The molecule has 0 aromatic heterocycles. The molecule has 0 aliphatic carbocycles. The van der Waals surface area contributed by atoms with E-state index < -0.39 is 12.4 Å². The van der Waals surface area contributed by atoms with Crippen LogP contribution in [0.15, 0.2) is 0 Å². The van der Waals surface area contributed by atoms with E-state index in [1.165, 1.54) is 0 Å². The van der Waals surface area contributed by atoms with Crippen LogP contribution in [-0.4, -0.2) is 31.8 Å². The third kappa shape index (κ3) is 7.37. The Hall–Kier alpha value is 0.717. The molecule has 0 radical (unpaired) electrons. The van der Waals surface area contributed by atoms with E-state index in [-0.39, 0.29) is 0 Å². The first-order valence-electron chi connectivity index (χ1n) is 3.52. The Balaban J connectivity index is 4.04. The minimum Gasteiger partial charge on any atom is -0.553 e. The SMILES string of the molecule is CO[Si](=CC(Cl)(Cl)Cl)CCCN. The molecule has 0 saturated carbocycles. The Kier molecular flexibility index (Phi) is 6.58. The molecule has 0 aliphatic rings. The molecule has 12 heavy (non-hydrogen) atoms. The topological polar surface area (TPSA) is 35.2 Å². The number of rotatable bonds is 4. The van der Waals surface area contributed by atoms with Crippen molar-refractivity contribution in [3.05, 3.63) is 0 Å². The van der Waals surface area contributed by atoms with Crippen molar-refractivity contribution >= 4 is 49.1 Å². The number of halogens is 3. The molecule has 2 N–H and O–H groups in total. The largest absolute Gasteiger partial charge is 0.553 e. The fourth-order valence-electron chi connectivity index (χ4n) is 0.692. The van der Waals surface area contributed by atoms with Gasteiger partial charge in [0.2, 0.25) is 12.4 Å². The highest BCUT2D eigenvalue weighted by molar-refractivity contribution is 6.82. The van der Waals surface area contributed by atoms with Crippen molar-refractivity contribution in [2.75, 3.05) is 13.7 Å². The lowest BCUT2D eigenvalue weighted by Crippen LogP contribution is -2.18. The zero-order valence-corrected chi connectivity index (χ0v) is 10.1. The maximum absolute atomic E-state index is 5.58. The van der Waals surface area contributed by atoms with Gasteiger partial charge in [-0.25, -0.2) is 0 Å². The highest BCUT2D eigenvalue weighted by Crippen LogP contribution is 2.23. The summed E-state index contributed by atoms with van der Waals surface area (Å²) in [7, 11) is 0.518. The summed E-state index contributed by atoms with van der Waals surface area (Å²) in [6.45, 7) is 0.644. The standard InChI is InChI=1S/C6H12Cl3NOSi/c1-11-12(4-2-3-10)5-6(7,8)9/h5H,2-4,10H2,1H3. The second-order valence-electron chi connectivity index (χ2n) is 2.25. The molecule has 0 rings (SSSR count). The third-order valence-electron chi connectivity index (χ3n) is 1.21. The molecule has 0 aromatic rings. The van der Waals surface area contributed by atoms with Crippen molar-refractivity contribution in [1.29, 1.82) is 0 Å². The molecule has 0 amide bonds. The van der Waals surface area contributed by atoms with Crippen LogP contribution in [0.5, 0.6) is 0 Å². The minimum absolute atomic E-state index is 0.644. The summed E-state index contributed by atoms with van der Waals surface area (Å²) in [6, 6.07) is 0.881.